The summed E-state index contributed by atoms with van der Waals surface area (Å²) in [7, 11) is 0. The SMILES string of the molecule is C[C@@H](NC(=O)CCc1ccccc1)c1cc(=O)n2[nH]c(-c3cccs3)cc2n1. The molecule has 4 rings (SSSR count). The second-order valence-corrected chi connectivity index (χ2v) is 7.58. The molecule has 0 radical (unpaired) electrons. The van der Waals surface area contributed by atoms with Gasteiger partial charge in [0.05, 0.1) is 22.3 Å². The fourth-order valence-corrected chi connectivity index (χ4v) is 3.77. The van der Waals surface area contributed by atoms with Crippen LogP contribution in [-0.2, 0) is 11.2 Å². The summed E-state index contributed by atoms with van der Waals surface area (Å²) in [5.74, 6) is -0.0632. The molecular weight excluding hydrogens is 372 g/mol. The Labute approximate surface area is 165 Å². The van der Waals surface area contributed by atoms with Crippen LogP contribution in [0.4, 0.5) is 0 Å². The van der Waals surface area contributed by atoms with Gasteiger partial charge in [-0.2, -0.15) is 0 Å². The van der Waals surface area contributed by atoms with Crippen molar-refractivity contribution < 1.29 is 4.79 Å². The second kappa shape index (κ2) is 7.82. The first kappa shape index (κ1) is 18.2. The molecule has 0 aliphatic heterocycles. The van der Waals surface area contributed by atoms with Crippen LogP contribution in [0.5, 0.6) is 0 Å². The van der Waals surface area contributed by atoms with E-state index in [1.807, 2.05) is 60.8 Å². The van der Waals surface area contributed by atoms with E-state index in [1.54, 1.807) is 11.3 Å². The molecule has 6 nitrogen and oxygen atoms in total. The third-order valence-electron chi connectivity index (χ3n) is 4.56. The molecule has 0 aliphatic rings. The van der Waals surface area contributed by atoms with Crippen LogP contribution in [0.1, 0.15) is 30.6 Å². The number of nitrogens with one attached hydrogen (secondary N) is 2. The van der Waals surface area contributed by atoms with E-state index in [9.17, 15) is 9.59 Å². The highest BCUT2D eigenvalue weighted by molar-refractivity contribution is 7.13. The van der Waals surface area contributed by atoms with E-state index in [-0.39, 0.29) is 17.5 Å². The van der Waals surface area contributed by atoms with Gasteiger partial charge in [-0.25, -0.2) is 9.50 Å². The first-order valence-electron chi connectivity index (χ1n) is 9.10. The molecule has 0 unspecified atom stereocenters. The van der Waals surface area contributed by atoms with Gasteiger partial charge in [0.15, 0.2) is 5.65 Å². The molecular formula is C21H20N4O2S. The zero-order valence-electron chi connectivity index (χ0n) is 15.4. The number of carbonyl (C=O) groups excluding carboxylic acids is 1. The number of aromatic amines is 1. The van der Waals surface area contributed by atoms with Crippen LogP contribution in [0.3, 0.4) is 0 Å². The summed E-state index contributed by atoms with van der Waals surface area (Å²) in [6.45, 7) is 1.84. The van der Waals surface area contributed by atoms with E-state index < -0.39 is 0 Å². The number of H-pyrrole nitrogens is 1. The number of hydrogen-bond donors (Lipinski definition) is 2. The summed E-state index contributed by atoms with van der Waals surface area (Å²) in [6, 6.07) is 16.8. The second-order valence-electron chi connectivity index (χ2n) is 6.63. The van der Waals surface area contributed by atoms with E-state index >= 15 is 0 Å². The molecule has 1 aromatic carbocycles. The monoisotopic (exact) mass is 392 g/mol. The van der Waals surface area contributed by atoms with Crippen LogP contribution >= 0.6 is 11.3 Å². The van der Waals surface area contributed by atoms with Crippen LogP contribution in [0, 0.1) is 0 Å². The minimum Gasteiger partial charge on any atom is -0.348 e. The number of aryl methyl sites for hydroxylation is 1. The number of benzene rings is 1. The lowest BCUT2D eigenvalue weighted by Gasteiger charge is -2.13. The predicted octanol–water partition coefficient (Wildman–Crippen LogP) is 3.56. The standard InChI is InChI=1S/C21H20N4O2S/c1-14(22-20(26)10-9-15-6-3-2-4-7-15)16-13-21(27)25-19(23-16)12-17(24-25)18-8-5-11-28-18/h2-8,11-14,24H,9-10H2,1H3,(H,22,26)/t14-/m1/s1. The number of nitrogens with zero attached hydrogens (tertiary/aromatic N) is 2. The van der Waals surface area contributed by atoms with Gasteiger partial charge in [-0.15, -0.1) is 11.3 Å². The molecule has 2 N–H and O–H groups in total. The number of rotatable bonds is 6. The number of fused-ring (bicyclic) bond motifs is 1. The minimum atomic E-state index is -0.346. The fraction of sp³-hybridized carbons (Fsp3) is 0.190. The van der Waals surface area contributed by atoms with Crippen molar-refractivity contribution >= 4 is 22.9 Å². The van der Waals surface area contributed by atoms with Gasteiger partial charge in [0.25, 0.3) is 5.56 Å². The average Bonchev–Trinajstić information content (AvgIpc) is 3.36. The number of hydrogen-bond acceptors (Lipinski definition) is 4. The lowest BCUT2D eigenvalue weighted by Crippen LogP contribution is -2.29. The first-order valence-corrected chi connectivity index (χ1v) is 9.98. The van der Waals surface area contributed by atoms with E-state index in [0.717, 1.165) is 16.1 Å². The molecule has 4 aromatic rings. The highest BCUT2D eigenvalue weighted by Gasteiger charge is 2.15. The Morgan fingerprint density at radius 2 is 2.04 bits per heavy atom. The first-order chi connectivity index (χ1) is 13.6. The predicted molar refractivity (Wildman–Crippen MR) is 110 cm³/mol. The molecule has 3 aromatic heterocycles. The molecule has 7 heteroatoms. The molecule has 0 spiro atoms. The largest absolute Gasteiger partial charge is 0.348 e. The maximum atomic E-state index is 12.5. The summed E-state index contributed by atoms with van der Waals surface area (Å²) in [4.78, 5) is 30.3. The molecule has 1 amide bonds. The third kappa shape index (κ3) is 3.89. The summed E-state index contributed by atoms with van der Waals surface area (Å²) in [5, 5.41) is 7.99. The zero-order valence-corrected chi connectivity index (χ0v) is 16.2. The summed E-state index contributed by atoms with van der Waals surface area (Å²) < 4.78 is 1.42. The molecule has 0 saturated heterocycles. The summed E-state index contributed by atoms with van der Waals surface area (Å²) in [5.41, 5.74) is 2.85. The van der Waals surface area contributed by atoms with Crippen molar-refractivity contribution in [1.82, 2.24) is 19.9 Å². The lowest BCUT2D eigenvalue weighted by molar-refractivity contribution is -0.121. The molecule has 1 atom stereocenters. The molecule has 0 fully saturated rings. The van der Waals surface area contributed by atoms with Gasteiger partial charge in [-0.05, 0) is 30.4 Å². The quantitative estimate of drug-likeness (QED) is 0.527. The van der Waals surface area contributed by atoms with Crippen LogP contribution in [-0.4, -0.2) is 20.5 Å². The van der Waals surface area contributed by atoms with Crippen LogP contribution in [0.2, 0.25) is 0 Å². The number of carbonyl (C=O) groups is 1. The van der Waals surface area contributed by atoms with E-state index in [2.05, 4.69) is 15.4 Å². The Balaban J connectivity index is 1.48. The van der Waals surface area contributed by atoms with Crippen molar-refractivity contribution in [2.24, 2.45) is 0 Å². The zero-order chi connectivity index (χ0) is 19.5. The molecule has 3 heterocycles. The maximum Gasteiger partial charge on any atom is 0.272 e. The van der Waals surface area contributed by atoms with Crippen LogP contribution in [0.15, 0.2) is 64.8 Å². The lowest BCUT2D eigenvalue weighted by atomic mass is 10.1. The fourth-order valence-electron chi connectivity index (χ4n) is 3.08. The highest BCUT2D eigenvalue weighted by atomic mass is 32.1. The van der Waals surface area contributed by atoms with Gasteiger partial charge in [-0.1, -0.05) is 36.4 Å². The Hall–Kier alpha value is -3.19. The number of aromatic nitrogens is 3. The third-order valence-corrected chi connectivity index (χ3v) is 5.46. The average molecular weight is 392 g/mol. The van der Waals surface area contributed by atoms with Crippen LogP contribution in [0.25, 0.3) is 16.2 Å². The van der Waals surface area contributed by atoms with Gasteiger partial charge in [-0.3, -0.25) is 14.7 Å². The van der Waals surface area contributed by atoms with E-state index in [1.165, 1.54) is 10.6 Å². The number of amides is 1. The Bertz CT molecular complexity index is 1150. The van der Waals surface area contributed by atoms with Gasteiger partial charge >= 0.3 is 0 Å². The molecule has 28 heavy (non-hydrogen) atoms. The molecule has 0 saturated carbocycles. The Morgan fingerprint density at radius 1 is 1.21 bits per heavy atom. The van der Waals surface area contributed by atoms with Crippen molar-refractivity contribution in [3.8, 4) is 10.6 Å². The normalized spacial score (nSPS) is 12.2. The van der Waals surface area contributed by atoms with Crippen LogP contribution < -0.4 is 10.9 Å². The summed E-state index contributed by atoms with van der Waals surface area (Å²) >= 11 is 1.59. The van der Waals surface area contributed by atoms with Gasteiger partial charge < -0.3 is 5.32 Å². The molecule has 0 aliphatic carbocycles. The summed E-state index contributed by atoms with van der Waals surface area (Å²) in [6.07, 6.45) is 1.07. The van der Waals surface area contributed by atoms with Gasteiger partial charge in [0, 0.05) is 18.6 Å². The smallest absolute Gasteiger partial charge is 0.272 e. The van der Waals surface area contributed by atoms with Gasteiger partial charge in [0.2, 0.25) is 5.91 Å². The van der Waals surface area contributed by atoms with Crippen molar-refractivity contribution in [3.05, 3.63) is 81.6 Å². The maximum absolute atomic E-state index is 12.5. The number of thiophene rings is 1. The van der Waals surface area contributed by atoms with Crippen molar-refractivity contribution in [3.63, 3.8) is 0 Å². The molecule has 142 valence electrons. The van der Waals surface area contributed by atoms with E-state index in [4.69, 9.17) is 0 Å². The highest BCUT2D eigenvalue weighted by Crippen LogP contribution is 2.23. The van der Waals surface area contributed by atoms with Crippen molar-refractivity contribution in [2.75, 3.05) is 0 Å². The van der Waals surface area contributed by atoms with Gasteiger partial charge in [0.1, 0.15) is 0 Å². The topological polar surface area (TPSA) is 79.3 Å². The van der Waals surface area contributed by atoms with E-state index in [0.29, 0.717) is 24.2 Å². The Kier molecular flexibility index (Phi) is 5.08. The van der Waals surface area contributed by atoms with Crippen molar-refractivity contribution in [2.45, 2.75) is 25.8 Å². The minimum absolute atomic E-state index is 0.0632. The molecule has 0 bridgehead atoms. The van der Waals surface area contributed by atoms with Crippen molar-refractivity contribution in [1.29, 1.82) is 0 Å². The Morgan fingerprint density at radius 3 is 2.79 bits per heavy atom.